The van der Waals surface area contributed by atoms with Gasteiger partial charge in [-0.25, -0.2) is 18.9 Å². The Morgan fingerprint density at radius 1 is 1.13 bits per heavy atom. The van der Waals surface area contributed by atoms with E-state index in [2.05, 4.69) is 41.7 Å². The fraction of sp³-hybridized carbons (Fsp3) is 0.870. The zero-order chi connectivity index (χ0) is 20.9. The summed E-state index contributed by atoms with van der Waals surface area (Å²) in [5.74, 6) is 0.826. The van der Waals surface area contributed by atoms with Crippen LogP contribution in [0.2, 0.25) is 0 Å². The highest BCUT2D eigenvalue weighted by Gasteiger charge is 2.69. The van der Waals surface area contributed by atoms with Crippen molar-refractivity contribution >= 4 is 0 Å². The van der Waals surface area contributed by atoms with Gasteiger partial charge in [-0.05, 0) is 50.9 Å². The Morgan fingerprint density at radius 3 is 2.80 bits per heavy atom. The number of fused-ring (bicyclic) bond motifs is 2. The van der Waals surface area contributed by atoms with E-state index in [0.717, 1.165) is 38.6 Å². The van der Waals surface area contributed by atoms with Crippen LogP contribution in [0.15, 0.2) is 18.7 Å². The number of rotatable bonds is 6. The second kappa shape index (κ2) is 7.85. The molecule has 5 aliphatic rings. The van der Waals surface area contributed by atoms with Gasteiger partial charge < -0.3 is 14.2 Å². The maximum absolute atomic E-state index is 6.47. The van der Waals surface area contributed by atoms with Crippen molar-refractivity contribution in [1.82, 2.24) is 4.57 Å². The van der Waals surface area contributed by atoms with Crippen LogP contribution in [0, 0.1) is 23.7 Å². The Hall–Kier alpha value is -0.990. The number of ether oxygens (including phenoxy) is 3. The van der Waals surface area contributed by atoms with Gasteiger partial charge >= 0.3 is 0 Å². The Bertz CT molecular complexity index is 756. The first kappa shape index (κ1) is 20.9. The molecule has 2 bridgehead atoms. The van der Waals surface area contributed by atoms with Gasteiger partial charge in [0, 0.05) is 24.9 Å². The van der Waals surface area contributed by atoms with Crippen molar-refractivity contribution < 1.29 is 28.6 Å². The van der Waals surface area contributed by atoms with Crippen molar-refractivity contribution in [2.45, 2.75) is 89.8 Å². The fourth-order valence-corrected chi connectivity index (χ4v) is 6.29. The maximum Gasteiger partial charge on any atom is 0.243 e. The number of nitrogens with zero attached hydrogens (tertiary/aromatic N) is 2. The highest BCUT2D eigenvalue weighted by atomic mass is 17.3. The van der Waals surface area contributed by atoms with Crippen molar-refractivity contribution in [3.05, 3.63) is 18.7 Å². The van der Waals surface area contributed by atoms with E-state index < -0.39 is 17.7 Å². The largest absolute Gasteiger partial charge is 0.352 e. The molecule has 0 radical (unpaired) electrons. The first-order valence-electron chi connectivity index (χ1n) is 11.7. The molecule has 1 aliphatic carbocycles. The molecule has 168 valence electrons. The Kier molecular flexibility index (Phi) is 5.47. The average Bonchev–Trinajstić information content (AvgIpc) is 3.00. The van der Waals surface area contributed by atoms with E-state index in [0.29, 0.717) is 24.4 Å². The predicted octanol–water partition coefficient (Wildman–Crippen LogP) is 3.32. The second-order valence-electron chi connectivity index (χ2n) is 10.2. The lowest BCUT2D eigenvalue weighted by Gasteiger charge is -2.60. The average molecular weight is 422 g/mol. The summed E-state index contributed by atoms with van der Waals surface area (Å²) < 4.78 is 23.4. The predicted molar refractivity (Wildman–Crippen MR) is 108 cm³/mol. The number of aromatic nitrogens is 2. The molecule has 5 heterocycles. The quantitative estimate of drug-likeness (QED) is 0.401. The van der Waals surface area contributed by atoms with E-state index in [1.54, 1.807) is 0 Å². The van der Waals surface area contributed by atoms with Gasteiger partial charge in [0.25, 0.3) is 0 Å². The Morgan fingerprint density at radius 2 is 2.00 bits per heavy atom. The van der Waals surface area contributed by atoms with Crippen LogP contribution in [0.4, 0.5) is 0 Å². The van der Waals surface area contributed by atoms with Crippen molar-refractivity contribution in [3.8, 4) is 0 Å². The number of hydrogen-bond donors (Lipinski definition) is 0. The lowest BCUT2D eigenvalue weighted by molar-refractivity contribution is -0.671. The zero-order valence-electron chi connectivity index (χ0n) is 18.8. The van der Waals surface area contributed by atoms with E-state index in [1.807, 2.05) is 14.0 Å². The topological polar surface area (TPSA) is 55.0 Å². The molecule has 8 atom stereocenters. The van der Waals surface area contributed by atoms with Gasteiger partial charge in [-0.1, -0.05) is 13.8 Å². The molecule has 6 rings (SSSR count). The standard InChI is InChI=1S/C23H37N2O5/c1-16-7-8-19-17(2)20(26-14-6-5-11-25-13-12-24(4)15-25)27-21-23(19)18(16)9-10-22(3,28-21)29-30-23/h12-13,15-21H,5-11,14H2,1-4H3/q+1/t16-,17-,18+,19+,20+,21-,22-,23-/m1/s1. The molecule has 1 aromatic heterocycles. The molecule has 1 spiro atoms. The fourth-order valence-electron chi connectivity index (χ4n) is 6.29. The van der Waals surface area contributed by atoms with Crippen LogP contribution < -0.4 is 4.57 Å². The number of unbranched alkanes of at least 4 members (excludes halogenated alkanes) is 1. The highest BCUT2D eigenvalue weighted by Crippen LogP contribution is 2.60. The van der Waals surface area contributed by atoms with Gasteiger partial charge in [0.15, 0.2) is 18.2 Å². The van der Waals surface area contributed by atoms with Gasteiger partial charge in [0.1, 0.15) is 12.4 Å². The first-order valence-corrected chi connectivity index (χ1v) is 11.7. The molecule has 4 aliphatic heterocycles. The molecular weight excluding hydrogens is 384 g/mol. The monoisotopic (exact) mass is 421 g/mol. The van der Waals surface area contributed by atoms with Crippen molar-refractivity contribution in [2.75, 3.05) is 6.61 Å². The summed E-state index contributed by atoms with van der Waals surface area (Å²) in [6.07, 6.45) is 11.9. The van der Waals surface area contributed by atoms with Gasteiger partial charge in [-0.3, -0.25) is 0 Å². The minimum atomic E-state index is -0.727. The van der Waals surface area contributed by atoms with Crippen LogP contribution >= 0.6 is 0 Å². The van der Waals surface area contributed by atoms with Gasteiger partial charge in [-0.2, -0.15) is 0 Å². The number of aryl methyl sites for hydroxylation is 2. The molecule has 1 aromatic rings. The maximum atomic E-state index is 6.47. The number of imidazole rings is 1. The summed E-state index contributed by atoms with van der Waals surface area (Å²) in [6, 6.07) is 0. The molecule has 7 heteroatoms. The molecule has 1 saturated carbocycles. The molecule has 30 heavy (non-hydrogen) atoms. The van der Waals surface area contributed by atoms with Gasteiger partial charge in [0.05, 0.1) is 13.6 Å². The lowest BCUT2D eigenvalue weighted by Crippen LogP contribution is -2.70. The van der Waals surface area contributed by atoms with Crippen LogP contribution in [0.1, 0.15) is 59.3 Å². The molecule has 7 nitrogen and oxygen atoms in total. The van der Waals surface area contributed by atoms with Crippen LogP contribution in [-0.2, 0) is 37.6 Å². The Labute approximate surface area is 179 Å². The minimum Gasteiger partial charge on any atom is -0.352 e. The van der Waals surface area contributed by atoms with E-state index in [4.69, 9.17) is 24.0 Å². The third kappa shape index (κ3) is 3.43. The smallest absolute Gasteiger partial charge is 0.243 e. The summed E-state index contributed by atoms with van der Waals surface area (Å²) >= 11 is 0. The normalized spacial score (nSPS) is 45.2. The number of hydrogen-bond acceptors (Lipinski definition) is 5. The molecule has 4 saturated heterocycles. The SMILES string of the molecule is C[C@H]1[C@@H](OCCCCn2cc[n+](C)c2)O[C@@H]2O[C@@]3(C)CC[C@H]4[C@H](C)CC[C@@H]1[C@@]24OO3. The van der Waals surface area contributed by atoms with E-state index in [1.165, 1.54) is 6.42 Å². The van der Waals surface area contributed by atoms with Crippen LogP contribution in [-0.4, -0.2) is 35.1 Å². The third-order valence-corrected chi connectivity index (χ3v) is 8.01. The highest BCUT2D eigenvalue weighted by molar-refractivity contribution is 5.09. The van der Waals surface area contributed by atoms with Gasteiger partial charge in [-0.15, -0.1) is 0 Å². The lowest BCUT2D eigenvalue weighted by atomic mass is 9.58. The van der Waals surface area contributed by atoms with Crippen LogP contribution in [0.5, 0.6) is 0 Å². The zero-order valence-corrected chi connectivity index (χ0v) is 18.8. The van der Waals surface area contributed by atoms with E-state index >= 15 is 0 Å². The van der Waals surface area contributed by atoms with Crippen LogP contribution in [0.3, 0.4) is 0 Å². The molecule has 0 N–H and O–H groups in total. The summed E-state index contributed by atoms with van der Waals surface area (Å²) in [7, 11) is 2.04. The molecule has 5 fully saturated rings. The summed E-state index contributed by atoms with van der Waals surface area (Å²) in [5.41, 5.74) is -0.503. The second-order valence-corrected chi connectivity index (χ2v) is 10.2. The molecular formula is C23H37N2O5+. The van der Waals surface area contributed by atoms with Gasteiger partial charge in [0.2, 0.25) is 12.1 Å². The summed E-state index contributed by atoms with van der Waals surface area (Å²) in [5, 5.41) is 0. The Balaban J connectivity index is 1.24. The van der Waals surface area contributed by atoms with Crippen LogP contribution in [0.25, 0.3) is 0 Å². The van der Waals surface area contributed by atoms with Crippen molar-refractivity contribution in [2.24, 2.45) is 30.7 Å². The molecule has 0 amide bonds. The molecule has 0 aromatic carbocycles. The summed E-state index contributed by atoms with van der Waals surface area (Å²) in [4.78, 5) is 12.1. The van der Waals surface area contributed by atoms with Crippen molar-refractivity contribution in [1.29, 1.82) is 0 Å². The van der Waals surface area contributed by atoms with E-state index in [9.17, 15) is 0 Å². The van der Waals surface area contributed by atoms with E-state index in [-0.39, 0.29) is 12.2 Å². The minimum absolute atomic E-state index is 0.245. The third-order valence-electron chi connectivity index (χ3n) is 8.01. The van der Waals surface area contributed by atoms with Crippen molar-refractivity contribution in [3.63, 3.8) is 0 Å². The first-order chi connectivity index (χ1) is 14.4. The molecule has 0 unspecified atom stereocenters. The summed E-state index contributed by atoms with van der Waals surface area (Å²) in [6.45, 7) is 8.26.